The SMILES string of the molecule is CCSCCC(C#N)NC1CCCC1. The van der Waals surface area contributed by atoms with Gasteiger partial charge in [0.1, 0.15) is 0 Å². The van der Waals surface area contributed by atoms with Crippen molar-refractivity contribution in [2.75, 3.05) is 11.5 Å². The van der Waals surface area contributed by atoms with Gasteiger partial charge in [-0.15, -0.1) is 0 Å². The van der Waals surface area contributed by atoms with Crippen LogP contribution >= 0.6 is 11.8 Å². The Hall–Kier alpha value is -0.200. The molecule has 0 bridgehead atoms. The van der Waals surface area contributed by atoms with Crippen LogP contribution in [0.5, 0.6) is 0 Å². The molecule has 1 unspecified atom stereocenters. The molecule has 0 aromatic carbocycles. The second-order valence-electron chi connectivity index (χ2n) is 3.82. The van der Waals surface area contributed by atoms with E-state index in [1.165, 1.54) is 25.7 Å². The number of nitrogens with zero attached hydrogens (tertiary/aromatic N) is 1. The Kier molecular flexibility index (Phi) is 6.05. The standard InChI is InChI=1S/C11H20N2S/c1-2-14-8-7-11(9-12)13-10-5-3-4-6-10/h10-11,13H,2-8H2,1H3. The Morgan fingerprint density at radius 3 is 2.79 bits per heavy atom. The lowest BCUT2D eigenvalue weighted by atomic mass is 10.2. The van der Waals surface area contributed by atoms with Crippen LogP contribution in [0.15, 0.2) is 0 Å². The molecule has 2 nitrogen and oxygen atoms in total. The van der Waals surface area contributed by atoms with Gasteiger partial charge in [0.25, 0.3) is 0 Å². The molecule has 0 aromatic heterocycles. The van der Waals surface area contributed by atoms with Gasteiger partial charge in [-0.2, -0.15) is 17.0 Å². The molecule has 1 saturated carbocycles. The predicted molar refractivity (Wildman–Crippen MR) is 62.4 cm³/mol. The number of nitriles is 1. The third-order valence-corrected chi connectivity index (χ3v) is 3.64. The first-order chi connectivity index (χ1) is 6.86. The predicted octanol–water partition coefficient (Wildman–Crippen LogP) is 2.55. The van der Waals surface area contributed by atoms with Crippen molar-refractivity contribution in [3.05, 3.63) is 0 Å². The molecule has 0 saturated heterocycles. The van der Waals surface area contributed by atoms with Crippen LogP contribution in [-0.2, 0) is 0 Å². The number of hydrogen-bond donors (Lipinski definition) is 1. The van der Waals surface area contributed by atoms with Crippen molar-refractivity contribution in [2.24, 2.45) is 0 Å². The van der Waals surface area contributed by atoms with E-state index in [4.69, 9.17) is 5.26 Å². The van der Waals surface area contributed by atoms with Gasteiger partial charge in [0.2, 0.25) is 0 Å². The van der Waals surface area contributed by atoms with Crippen molar-refractivity contribution in [3.63, 3.8) is 0 Å². The van der Waals surface area contributed by atoms with Gasteiger partial charge in [-0.1, -0.05) is 19.8 Å². The van der Waals surface area contributed by atoms with Gasteiger partial charge in [0.15, 0.2) is 0 Å². The average Bonchev–Trinajstić information content (AvgIpc) is 2.69. The van der Waals surface area contributed by atoms with E-state index in [0.717, 1.165) is 17.9 Å². The van der Waals surface area contributed by atoms with Gasteiger partial charge in [0.05, 0.1) is 12.1 Å². The number of rotatable bonds is 6. The molecule has 0 heterocycles. The van der Waals surface area contributed by atoms with E-state index in [-0.39, 0.29) is 6.04 Å². The molecule has 1 fully saturated rings. The van der Waals surface area contributed by atoms with Gasteiger partial charge in [0, 0.05) is 6.04 Å². The fraction of sp³-hybridized carbons (Fsp3) is 0.909. The Balaban J connectivity index is 2.14. The van der Waals surface area contributed by atoms with Crippen LogP contribution in [0.3, 0.4) is 0 Å². The number of nitrogens with one attached hydrogen (secondary N) is 1. The first-order valence-corrected chi connectivity index (χ1v) is 6.75. The van der Waals surface area contributed by atoms with Gasteiger partial charge < -0.3 is 0 Å². The average molecular weight is 212 g/mol. The fourth-order valence-electron chi connectivity index (χ4n) is 1.91. The molecule has 1 atom stereocenters. The second kappa shape index (κ2) is 7.14. The van der Waals surface area contributed by atoms with E-state index in [2.05, 4.69) is 18.3 Å². The van der Waals surface area contributed by atoms with E-state index in [1.807, 2.05) is 11.8 Å². The molecule has 1 N–H and O–H groups in total. The van der Waals surface area contributed by atoms with Crippen LogP contribution < -0.4 is 5.32 Å². The highest BCUT2D eigenvalue weighted by molar-refractivity contribution is 7.99. The van der Waals surface area contributed by atoms with Crippen molar-refractivity contribution in [1.29, 1.82) is 5.26 Å². The third-order valence-electron chi connectivity index (χ3n) is 2.70. The maximum absolute atomic E-state index is 8.96. The molecule has 0 radical (unpaired) electrons. The summed E-state index contributed by atoms with van der Waals surface area (Å²) in [5.74, 6) is 2.26. The van der Waals surface area contributed by atoms with Crippen molar-refractivity contribution < 1.29 is 0 Å². The minimum atomic E-state index is 0.0807. The molecule has 0 aromatic rings. The van der Waals surface area contributed by atoms with Crippen LogP contribution in [-0.4, -0.2) is 23.6 Å². The number of thioether (sulfide) groups is 1. The summed E-state index contributed by atoms with van der Waals surface area (Å²) in [6.07, 6.45) is 6.18. The van der Waals surface area contributed by atoms with Gasteiger partial charge in [-0.3, -0.25) is 5.32 Å². The van der Waals surface area contributed by atoms with E-state index < -0.39 is 0 Å². The summed E-state index contributed by atoms with van der Waals surface area (Å²) in [6, 6.07) is 3.06. The maximum atomic E-state index is 8.96. The zero-order valence-electron chi connectivity index (χ0n) is 8.96. The lowest BCUT2D eigenvalue weighted by Gasteiger charge is -2.16. The lowest BCUT2D eigenvalue weighted by Crippen LogP contribution is -2.36. The minimum Gasteiger partial charge on any atom is -0.299 e. The molecule has 3 heteroatoms. The van der Waals surface area contributed by atoms with E-state index in [0.29, 0.717) is 6.04 Å². The monoisotopic (exact) mass is 212 g/mol. The Bertz CT molecular complexity index is 182. The molecule has 0 spiro atoms. The smallest absolute Gasteiger partial charge is 0.0963 e. The van der Waals surface area contributed by atoms with Crippen molar-refractivity contribution in [1.82, 2.24) is 5.32 Å². The molecular formula is C11H20N2S. The molecule has 80 valence electrons. The second-order valence-corrected chi connectivity index (χ2v) is 5.21. The highest BCUT2D eigenvalue weighted by atomic mass is 32.2. The quantitative estimate of drug-likeness (QED) is 0.687. The van der Waals surface area contributed by atoms with Crippen LogP contribution in [0.4, 0.5) is 0 Å². The molecular weight excluding hydrogens is 192 g/mol. The zero-order chi connectivity index (χ0) is 10.2. The fourth-order valence-corrected chi connectivity index (χ4v) is 2.60. The minimum absolute atomic E-state index is 0.0807. The summed E-state index contributed by atoms with van der Waals surface area (Å²) >= 11 is 1.92. The summed E-state index contributed by atoms with van der Waals surface area (Å²) < 4.78 is 0. The maximum Gasteiger partial charge on any atom is 0.0963 e. The van der Waals surface area contributed by atoms with Crippen molar-refractivity contribution in [3.8, 4) is 6.07 Å². The molecule has 1 rings (SSSR count). The largest absolute Gasteiger partial charge is 0.299 e. The van der Waals surface area contributed by atoms with Gasteiger partial charge in [-0.25, -0.2) is 0 Å². The molecule has 14 heavy (non-hydrogen) atoms. The molecule has 1 aliphatic rings. The Labute approximate surface area is 91.4 Å². The van der Waals surface area contributed by atoms with Crippen LogP contribution in [0.25, 0.3) is 0 Å². The first-order valence-electron chi connectivity index (χ1n) is 5.60. The Morgan fingerprint density at radius 2 is 2.21 bits per heavy atom. The highest BCUT2D eigenvalue weighted by Gasteiger charge is 2.18. The number of hydrogen-bond acceptors (Lipinski definition) is 3. The van der Waals surface area contributed by atoms with Crippen LogP contribution in [0.2, 0.25) is 0 Å². The van der Waals surface area contributed by atoms with Crippen molar-refractivity contribution in [2.45, 2.75) is 51.1 Å². The van der Waals surface area contributed by atoms with Gasteiger partial charge in [-0.05, 0) is 30.8 Å². The first kappa shape index (κ1) is 11.9. The topological polar surface area (TPSA) is 35.8 Å². The van der Waals surface area contributed by atoms with E-state index >= 15 is 0 Å². The summed E-state index contributed by atoms with van der Waals surface area (Å²) in [4.78, 5) is 0. The summed E-state index contributed by atoms with van der Waals surface area (Å²) in [5, 5.41) is 12.4. The van der Waals surface area contributed by atoms with Gasteiger partial charge >= 0.3 is 0 Å². The summed E-state index contributed by atoms with van der Waals surface area (Å²) in [7, 11) is 0. The lowest BCUT2D eigenvalue weighted by molar-refractivity contribution is 0.476. The van der Waals surface area contributed by atoms with E-state index in [1.54, 1.807) is 0 Å². The van der Waals surface area contributed by atoms with Crippen LogP contribution in [0, 0.1) is 11.3 Å². The molecule has 1 aliphatic carbocycles. The van der Waals surface area contributed by atoms with Crippen LogP contribution in [0.1, 0.15) is 39.0 Å². The molecule has 0 aliphatic heterocycles. The third kappa shape index (κ3) is 4.34. The normalized spacial score (nSPS) is 19.4. The Morgan fingerprint density at radius 1 is 1.50 bits per heavy atom. The highest BCUT2D eigenvalue weighted by Crippen LogP contribution is 2.18. The zero-order valence-corrected chi connectivity index (χ0v) is 9.78. The van der Waals surface area contributed by atoms with Crippen molar-refractivity contribution >= 4 is 11.8 Å². The summed E-state index contributed by atoms with van der Waals surface area (Å²) in [6.45, 7) is 2.16. The summed E-state index contributed by atoms with van der Waals surface area (Å²) in [5.41, 5.74) is 0. The molecule has 0 amide bonds. The van der Waals surface area contributed by atoms with E-state index in [9.17, 15) is 0 Å².